The Bertz CT molecular complexity index is 180. The number of thioether (sulfide) groups is 1. The smallest absolute Gasteiger partial charge is 0.112 e. The van der Waals surface area contributed by atoms with Crippen molar-refractivity contribution in [2.75, 3.05) is 32.6 Å². The Morgan fingerprint density at radius 2 is 2.58 bits per heavy atom. The van der Waals surface area contributed by atoms with Gasteiger partial charge in [-0.1, -0.05) is 0 Å². The fraction of sp³-hybridized carbons (Fsp3) is 0.875. The molecule has 0 radical (unpaired) electrons. The van der Waals surface area contributed by atoms with Crippen LogP contribution in [0.1, 0.15) is 0 Å². The molecule has 2 heterocycles. The van der Waals surface area contributed by atoms with E-state index in [2.05, 4.69) is 23.2 Å². The Morgan fingerprint density at radius 3 is 3.25 bits per heavy atom. The molecule has 0 amide bonds. The van der Waals surface area contributed by atoms with Crippen molar-refractivity contribution >= 4 is 18.0 Å². The minimum atomic E-state index is 0.358. The topological polar surface area (TPSA) is 24.8 Å². The van der Waals surface area contributed by atoms with E-state index in [0.29, 0.717) is 11.4 Å². The van der Waals surface area contributed by atoms with E-state index in [1.807, 2.05) is 11.8 Å². The molecule has 2 atom stereocenters. The fourth-order valence-corrected chi connectivity index (χ4v) is 2.59. The van der Waals surface area contributed by atoms with Crippen molar-refractivity contribution in [1.29, 1.82) is 0 Å². The maximum atomic E-state index is 5.59. The molecule has 12 heavy (non-hydrogen) atoms. The third-order valence-corrected chi connectivity index (χ3v) is 3.36. The summed E-state index contributed by atoms with van der Waals surface area (Å²) in [6, 6.07) is 0. The Morgan fingerprint density at radius 1 is 1.67 bits per heavy atom. The molecule has 0 bridgehead atoms. The molecule has 2 aliphatic heterocycles. The van der Waals surface area contributed by atoms with Gasteiger partial charge in [-0.05, 0) is 7.05 Å². The molecule has 0 saturated carbocycles. The van der Waals surface area contributed by atoms with Crippen molar-refractivity contribution in [3.63, 3.8) is 0 Å². The summed E-state index contributed by atoms with van der Waals surface area (Å²) in [5, 5.41) is 0. The third-order valence-electron chi connectivity index (χ3n) is 2.14. The standard InChI is InChI=1S/C8H14N2OS/c1-10-5-7(4-9-6-10)8-11-2-3-12-8/h4,7-8H,2-3,5-6H2,1H3. The first kappa shape index (κ1) is 8.53. The first-order valence-electron chi connectivity index (χ1n) is 4.28. The lowest BCUT2D eigenvalue weighted by molar-refractivity contribution is 0.106. The van der Waals surface area contributed by atoms with Gasteiger partial charge in [0.15, 0.2) is 0 Å². The maximum Gasteiger partial charge on any atom is 0.112 e. The van der Waals surface area contributed by atoms with Crippen LogP contribution in [0.25, 0.3) is 0 Å². The SMILES string of the molecule is CN1CN=CC(C2OCCS2)C1. The van der Waals surface area contributed by atoms with Gasteiger partial charge in [0.25, 0.3) is 0 Å². The molecule has 0 aromatic rings. The number of nitrogens with zero attached hydrogens (tertiary/aromatic N) is 2. The van der Waals surface area contributed by atoms with Gasteiger partial charge in [0.05, 0.1) is 13.3 Å². The predicted molar refractivity (Wildman–Crippen MR) is 51.7 cm³/mol. The van der Waals surface area contributed by atoms with Crippen molar-refractivity contribution in [1.82, 2.24) is 4.90 Å². The summed E-state index contributed by atoms with van der Waals surface area (Å²) in [4.78, 5) is 6.52. The van der Waals surface area contributed by atoms with Crippen LogP contribution in [-0.2, 0) is 4.74 Å². The average Bonchev–Trinajstić information content (AvgIpc) is 2.56. The predicted octanol–water partition coefficient (Wildman–Crippen LogP) is 0.666. The second kappa shape index (κ2) is 3.77. The van der Waals surface area contributed by atoms with Gasteiger partial charge in [0.2, 0.25) is 0 Å². The van der Waals surface area contributed by atoms with Crippen molar-refractivity contribution in [2.45, 2.75) is 5.44 Å². The molecule has 0 spiro atoms. The molecule has 3 nitrogen and oxygen atoms in total. The molecular weight excluding hydrogens is 172 g/mol. The van der Waals surface area contributed by atoms with Gasteiger partial charge in [-0.15, -0.1) is 11.8 Å². The first-order valence-corrected chi connectivity index (χ1v) is 5.33. The van der Waals surface area contributed by atoms with E-state index in [-0.39, 0.29) is 0 Å². The number of aliphatic imine (C=N–C) groups is 1. The minimum Gasteiger partial charge on any atom is -0.366 e. The van der Waals surface area contributed by atoms with E-state index in [9.17, 15) is 0 Å². The Balaban J connectivity index is 1.94. The largest absolute Gasteiger partial charge is 0.366 e. The highest BCUT2D eigenvalue weighted by molar-refractivity contribution is 8.00. The van der Waals surface area contributed by atoms with Crippen LogP contribution in [0, 0.1) is 5.92 Å². The van der Waals surface area contributed by atoms with Crippen LogP contribution in [0.2, 0.25) is 0 Å². The molecule has 0 N–H and O–H groups in total. The highest BCUT2D eigenvalue weighted by atomic mass is 32.2. The van der Waals surface area contributed by atoms with Crippen LogP contribution >= 0.6 is 11.8 Å². The van der Waals surface area contributed by atoms with Gasteiger partial charge in [0, 0.05) is 24.4 Å². The molecule has 1 fully saturated rings. The normalized spacial score (nSPS) is 37.4. The van der Waals surface area contributed by atoms with Crippen LogP contribution in [0.3, 0.4) is 0 Å². The molecule has 2 rings (SSSR count). The van der Waals surface area contributed by atoms with Gasteiger partial charge in [-0.25, -0.2) is 0 Å². The summed E-state index contributed by atoms with van der Waals surface area (Å²) in [5.74, 6) is 1.63. The highest BCUT2D eigenvalue weighted by Gasteiger charge is 2.27. The first-order chi connectivity index (χ1) is 5.86. The quantitative estimate of drug-likeness (QED) is 0.601. The van der Waals surface area contributed by atoms with E-state index in [1.54, 1.807) is 0 Å². The number of ether oxygens (including phenoxy) is 1. The molecule has 2 unspecified atom stereocenters. The van der Waals surface area contributed by atoms with E-state index < -0.39 is 0 Å². The summed E-state index contributed by atoms with van der Waals surface area (Å²) in [5.41, 5.74) is 0.358. The van der Waals surface area contributed by atoms with Crippen molar-refractivity contribution in [3.8, 4) is 0 Å². The van der Waals surface area contributed by atoms with E-state index in [1.165, 1.54) is 0 Å². The second-order valence-electron chi connectivity index (χ2n) is 3.29. The Hall–Kier alpha value is -0.0600. The molecule has 0 aliphatic carbocycles. The zero-order valence-electron chi connectivity index (χ0n) is 7.27. The Labute approximate surface area is 77.2 Å². The zero-order chi connectivity index (χ0) is 8.39. The number of hydrogen-bond acceptors (Lipinski definition) is 4. The molecule has 4 heteroatoms. The van der Waals surface area contributed by atoms with Crippen molar-refractivity contribution in [3.05, 3.63) is 0 Å². The molecule has 0 aromatic heterocycles. The maximum absolute atomic E-state index is 5.59. The van der Waals surface area contributed by atoms with Crippen LogP contribution in [0.5, 0.6) is 0 Å². The highest BCUT2D eigenvalue weighted by Crippen LogP contribution is 2.27. The average molecular weight is 186 g/mol. The summed E-state index contributed by atoms with van der Waals surface area (Å²) in [6.45, 7) is 2.83. The van der Waals surface area contributed by atoms with Crippen LogP contribution in [0.4, 0.5) is 0 Å². The van der Waals surface area contributed by atoms with Crippen molar-refractivity contribution < 1.29 is 4.74 Å². The number of hydrogen-bond donors (Lipinski definition) is 0. The van der Waals surface area contributed by atoms with E-state index in [4.69, 9.17) is 4.74 Å². The van der Waals surface area contributed by atoms with Gasteiger partial charge in [-0.2, -0.15) is 0 Å². The lowest BCUT2D eigenvalue weighted by Crippen LogP contribution is -2.36. The van der Waals surface area contributed by atoms with Crippen LogP contribution in [-0.4, -0.2) is 49.2 Å². The molecular formula is C8H14N2OS. The van der Waals surface area contributed by atoms with Gasteiger partial charge >= 0.3 is 0 Å². The summed E-state index contributed by atoms with van der Waals surface area (Å²) >= 11 is 1.91. The van der Waals surface area contributed by atoms with E-state index >= 15 is 0 Å². The molecule has 0 aromatic carbocycles. The van der Waals surface area contributed by atoms with Crippen molar-refractivity contribution in [2.24, 2.45) is 10.9 Å². The van der Waals surface area contributed by atoms with Crippen LogP contribution < -0.4 is 0 Å². The lowest BCUT2D eigenvalue weighted by Gasteiger charge is -2.27. The number of rotatable bonds is 1. The summed E-state index contributed by atoms with van der Waals surface area (Å²) in [7, 11) is 2.10. The summed E-state index contributed by atoms with van der Waals surface area (Å²) < 4.78 is 5.59. The van der Waals surface area contributed by atoms with Gasteiger partial charge in [0.1, 0.15) is 5.44 Å². The van der Waals surface area contributed by atoms with Gasteiger partial charge < -0.3 is 4.74 Å². The molecule has 1 saturated heterocycles. The van der Waals surface area contributed by atoms with Crippen LogP contribution in [0.15, 0.2) is 4.99 Å². The fourth-order valence-electron chi connectivity index (χ4n) is 1.57. The zero-order valence-corrected chi connectivity index (χ0v) is 8.09. The molecule has 68 valence electrons. The summed E-state index contributed by atoms with van der Waals surface area (Å²) in [6.07, 6.45) is 2.06. The van der Waals surface area contributed by atoms with Gasteiger partial charge in [-0.3, -0.25) is 9.89 Å². The molecule has 2 aliphatic rings. The monoisotopic (exact) mass is 186 g/mol. The van der Waals surface area contributed by atoms with E-state index in [0.717, 1.165) is 25.6 Å². The Kier molecular flexibility index (Phi) is 2.68. The third kappa shape index (κ3) is 1.81. The minimum absolute atomic E-state index is 0.358. The second-order valence-corrected chi connectivity index (χ2v) is 4.49. The lowest BCUT2D eigenvalue weighted by atomic mass is 10.1.